The van der Waals surface area contributed by atoms with Crippen LogP contribution in [0.4, 0.5) is 0 Å². The van der Waals surface area contributed by atoms with Gasteiger partial charge >= 0.3 is 5.63 Å². The Kier molecular flexibility index (Phi) is 4.84. The van der Waals surface area contributed by atoms with Crippen LogP contribution in [0.3, 0.4) is 0 Å². The number of aryl methyl sites for hydroxylation is 1. The van der Waals surface area contributed by atoms with Crippen molar-refractivity contribution in [3.05, 3.63) is 68.5 Å². The van der Waals surface area contributed by atoms with Gasteiger partial charge in [0.25, 0.3) is 10.0 Å². The molecule has 0 atom stereocenters. The van der Waals surface area contributed by atoms with Crippen molar-refractivity contribution in [1.29, 1.82) is 0 Å². The third kappa shape index (κ3) is 3.78. The lowest BCUT2D eigenvalue weighted by atomic mass is 10.1. The maximum Gasteiger partial charge on any atom is 0.336 e. The van der Waals surface area contributed by atoms with Gasteiger partial charge in [0.15, 0.2) is 0 Å². The Hall–Kier alpha value is -2.65. The van der Waals surface area contributed by atoms with Gasteiger partial charge in [-0.2, -0.15) is 13.5 Å². The molecule has 0 radical (unpaired) electrons. The molecule has 134 valence electrons. The summed E-state index contributed by atoms with van der Waals surface area (Å²) >= 11 is 3.18. The molecule has 0 unspecified atom stereocenters. The summed E-state index contributed by atoms with van der Waals surface area (Å²) in [6, 6.07) is 10.3. The van der Waals surface area contributed by atoms with Gasteiger partial charge in [0.05, 0.1) is 15.6 Å². The SMILES string of the molecule is Cc1ccc(S(=O)(=O)N/N=C\c2cc(=O)oc3cc(O)c(Br)cc23)cc1. The topological polar surface area (TPSA) is 109 Å². The molecule has 0 saturated carbocycles. The zero-order valence-electron chi connectivity index (χ0n) is 13.4. The van der Waals surface area contributed by atoms with Gasteiger partial charge in [0.2, 0.25) is 0 Å². The highest BCUT2D eigenvalue weighted by Crippen LogP contribution is 2.29. The molecule has 1 aromatic heterocycles. The highest BCUT2D eigenvalue weighted by atomic mass is 79.9. The summed E-state index contributed by atoms with van der Waals surface area (Å²) in [7, 11) is -3.82. The summed E-state index contributed by atoms with van der Waals surface area (Å²) in [5.41, 5.74) is 0.774. The van der Waals surface area contributed by atoms with Gasteiger partial charge in [-0.15, -0.1) is 0 Å². The minimum atomic E-state index is -3.82. The number of hydrogen-bond acceptors (Lipinski definition) is 6. The Morgan fingerprint density at radius 3 is 2.58 bits per heavy atom. The van der Waals surface area contributed by atoms with Gasteiger partial charge in [-0.1, -0.05) is 17.7 Å². The van der Waals surface area contributed by atoms with E-state index in [0.29, 0.717) is 15.4 Å². The van der Waals surface area contributed by atoms with Crippen LogP contribution >= 0.6 is 15.9 Å². The molecule has 0 aliphatic rings. The molecule has 9 heteroatoms. The van der Waals surface area contributed by atoms with E-state index in [2.05, 4.69) is 25.9 Å². The van der Waals surface area contributed by atoms with Crippen LogP contribution in [-0.4, -0.2) is 19.7 Å². The summed E-state index contributed by atoms with van der Waals surface area (Å²) in [5, 5.41) is 13.9. The van der Waals surface area contributed by atoms with Crippen LogP contribution in [0.15, 0.2) is 66.1 Å². The zero-order valence-corrected chi connectivity index (χ0v) is 15.8. The van der Waals surface area contributed by atoms with E-state index in [-0.39, 0.29) is 16.2 Å². The highest BCUT2D eigenvalue weighted by molar-refractivity contribution is 9.10. The maximum atomic E-state index is 12.2. The van der Waals surface area contributed by atoms with E-state index in [1.165, 1.54) is 30.5 Å². The average molecular weight is 437 g/mol. The number of phenols is 1. The number of hydrazone groups is 1. The predicted octanol–water partition coefficient (Wildman–Crippen LogP) is 2.88. The number of aromatic hydroxyl groups is 1. The van der Waals surface area contributed by atoms with Crippen LogP contribution in [0.1, 0.15) is 11.1 Å². The van der Waals surface area contributed by atoms with Crippen LogP contribution in [-0.2, 0) is 10.0 Å². The van der Waals surface area contributed by atoms with Gasteiger partial charge < -0.3 is 9.52 Å². The largest absolute Gasteiger partial charge is 0.507 e. The lowest BCUT2D eigenvalue weighted by molar-refractivity contribution is 0.469. The molecule has 2 aromatic carbocycles. The summed E-state index contributed by atoms with van der Waals surface area (Å²) in [6.45, 7) is 1.85. The molecule has 3 rings (SSSR count). The van der Waals surface area contributed by atoms with Crippen molar-refractivity contribution in [3.63, 3.8) is 0 Å². The number of hydrogen-bond donors (Lipinski definition) is 2. The molecule has 7 nitrogen and oxygen atoms in total. The molecular formula is C17H13BrN2O5S. The average Bonchev–Trinajstić information content (AvgIpc) is 2.57. The lowest BCUT2D eigenvalue weighted by Crippen LogP contribution is -2.18. The van der Waals surface area contributed by atoms with Gasteiger partial charge in [-0.05, 0) is 41.1 Å². The third-order valence-corrected chi connectivity index (χ3v) is 5.43. The van der Waals surface area contributed by atoms with E-state index < -0.39 is 15.6 Å². The van der Waals surface area contributed by atoms with Gasteiger partial charge in [0, 0.05) is 23.1 Å². The molecule has 2 N–H and O–H groups in total. The lowest BCUT2D eigenvalue weighted by Gasteiger charge is -2.05. The fourth-order valence-electron chi connectivity index (χ4n) is 2.24. The smallest absolute Gasteiger partial charge is 0.336 e. The van der Waals surface area contributed by atoms with Crippen LogP contribution in [0.25, 0.3) is 11.0 Å². The first-order valence-corrected chi connectivity index (χ1v) is 9.62. The van der Waals surface area contributed by atoms with E-state index in [9.17, 15) is 18.3 Å². The molecule has 0 spiro atoms. The van der Waals surface area contributed by atoms with E-state index in [0.717, 1.165) is 5.56 Å². The Labute approximate surface area is 157 Å². The first kappa shape index (κ1) is 18.2. The van der Waals surface area contributed by atoms with Gasteiger partial charge in [-0.25, -0.2) is 9.63 Å². The summed E-state index contributed by atoms with van der Waals surface area (Å²) in [4.78, 5) is 13.8. The number of rotatable bonds is 4. The molecule has 0 fully saturated rings. The predicted molar refractivity (Wildman–Crippen MR) is 101 cm³/mol. The molecule has 3 aromatic rings. The fraction of sp³-hybridized carbons (Fsp3) is 0.0588. The minimum Gasteiger partial charge on any atom is -0.507 e. The van der Waals surface area contributed by atoms with E-state index >= 15 is 0 Å². The number of phenolic OH excluding ortho intramolecular Hbond substituents is 1. The second-order valence-electron chi connectivity index (χ2n) is 5.49. The molecule has 0 aliphatic heterocycles. The van der Waals surface area contributed by atoms with Gasteiger partial charge in [-0.3, -0.25) is 0 Å². The van der Waals surface area contributed by atoms with Crippen LogP contribution in [0.5, 0.6) is 5.75 Å². The Bertz CT molecular complexity index is 1170. The van der Waals surface area contributed by atoms with Crippen molar-refractivity contribution >= 4 is 43.1 Å². The summed E-state index contributed by atoms with van der Waals surface area (Å²) in [6.07, 6.45) is 1.20. The summed E-state index contributed by atoms with van der Waals surface area (Å²) < 4.78 is 29.9. The van der Waals surface area contributed by atoms with Crippen LogP contribution in [0.2, 0.25) is 0 Å². The number of sulfonamides is 1. The zero-order chi connectivity index (χ0) is 18.9. The molecule has 0 amide bonds. The molecule has 26 heavy (non-hydrogen) atoms. The van der Waals surface area contributed by atoms with Crippen molar-refractivity contribution in [2.45, 2.75) is 11.8 Å². The second kappa shape index (κ2) is 6.93. The first-order valence-electron chi connectivity index (χ1n) is 7.34. The Morgan fingerprint density at radius 1 is 1.19 bits per heavy atom. The van der Waals surface area contributed by atoms with Crippen molar-refractivity contribution < 1.29 is 17.9 Å². The minimum absolute atomic E-state index is 0.0744. The second-order valence-corrected chi connectivity index (χ2v) is 8.00. The fourth-order valence-corrected chi connectivity index (χ4v) is 3.37. The van der Waals surface area contributed by atoms with Crippen molar-refractivity contribution in [2.24, 2.45) is 5.10 Å². The molecule has 0 saturated heterocycles. The standard InChI is InChI=1S/C17H13BrN2O5S/c1-10-2-4-12(5-3-10)26(23,24)20-19-9-11-6-17(22)25-16-8-15(21)14(18)7-13(11)16/h2-9,20-21H,1H3/b19-9-. The van der Waals surface area contributed by atoms with E-state index in [4.69, 9.17) is 4.42 Å². The Balaban J connectivity index is 1.94. The normalized spacial score (nSPS) is 11.9. The third-order valence-electron chi connectivity index (χ3n) is 3.55. The molecule has 0 aliphatic carbocycles. The monoisotopic (exact) mass is 436 g/mol. The Morgan fingerprint density at radius 2 is 1.88 bits per heavy atom. The summed E-state index contributed by atoms with van der Waals surface area (Å²) in [5.74, 6) is -0.0881. The van der Waals surface area contributed by atoms with Crippen LogP contribution < -0.4 is 10.5 Å². The number of nitrogens with one attached hydrogen (secondary N) is 1. The highest BCUT2D eigenvalue weighted by Gasteiger charge is 2.12. The van der Waals surface area contributed by atoms with E-state index in [1.807, 2.05) is 6.92 Å². The van der Waals surface area contributed by atoms with Gasteiger partial charge in [0.1, 0.15) is 11.3 Å². The number of halogens is 1. The van der Waals surface area contributed by atoms with E-state index in [1.54, 1.807) is 18.2 Å². The van der Waals surface area contributed by atoms with Crippen molar-refractivity contribution in [1.82, 2.24) is 4.83 Å². The molecule has 0 bridgehead atoms. The number of benzene rings is 2. The quantitative estimate of drug-likeness (QED) is 0.371. The van der Waals surface area contributed by atoms with Crippen molar-refractivity contribution in [3.8, 4) is 5.75 Å². The molecule has 1 heterocycles. The van der Waals surface area contributed by atoms with Crippen molar-refractivity contribution in [2.75, 3.05) is 0 Å². The molecular weight excluding hydrogens is 424 g/mol. The number of nitrogens with zero attached hydrogens (tertiary/aromatic N) is 1. The van der Waals surface area contributed by atoms with Crippen LogP contribution in [0, 0.1) is 6.92 Å². The first-order chi connectivity index (χ1) is 12.3. The maximum absolute atomic E-state index is 12.2. The number of fused-ring (bicyclic) bond motifs is 1.